The van der Waals surface area contributed by atoms with Gasteiger partial charge in [-0.2, -0.15) is 0 Å². The first kappa shape index (κ1) is 32.3. The zero-order valence-electron chi connectivity index (χ0n) is 25.1. The minimum atomic E-state index is -1.41. The third kappa shape index (κ3) is 7.95. The van der Waals surface area contributed by atoms with Crippen molar-refractivity contribution >= 4 is 29.5 Å². The average Bonchev–Trinajstić information content (AvgIpc) is 3.48. The maximum atomic E-state index is 14.5. The van der Waals surface area contributed by atoms with E-state index in [-0.39, 0.29) is 32.0 Å². The Morgan fingerprint density at radius 3 is 2.52 bits per heavy atom. The van der Waals surface area contributed by atoms with Crippen LogP contribution in [0.15, 0.2) is 119 Å². The van der Waals surface area contributed by atoms with Crippen molar-refractivity contribution in [2.75, 3.05) is 13.2 Å². The first-order chi connectivity index (χ1) is 22.5. The number of rotatable bonds is 14. The minimum Gasteiger partial charge on any atom is -0.494 e. The Hall–Kier alpha value is -5.08. The summed E-state index contributed by atoms with van der Waals surface area (Å²) in [5.74, 6) is 0.632. The number of hydrogen-bond donors (Lipinski definition) is 2. The molecule has 1 aliphatic heterocycles. The Balaban J connectivity index is 1.57. The molecule has 10 heteroatoms. The van der Waals surface area contributed by atoms with E-state index in [1.54, 1.807) is 24.3 Å². The molecule has 4 aromatic carbocycles. The van der Waals surface area contributed by atoms with E-state index in [2.05, 4.69) is 15.3 Å². The van der Waals surface area contributed by atoms with Gasteiger partial charge in [-0.15, -0.1) is 0 Å². The first-order valence-corrected chi connectivity index (χ1v) is 15.3. The summed E-state index contributed by atoms with van der Waals surface area (Å²) >= 11 is 6.08. The second-order valence-electron chi connectivity index (χ2n) is 10.7. The normalized spacial score (nSPS) is 17.2. The molecule has 0 spiro atoms. The van der Waals surface area contributed by atoms with Crippen LogP contribution >= 0.6 is 11.6 Å². The molecule has 2 N–H and O–H groups in total. The van der Waals surface area contributed by atoms with E-state index in [9.17, 15) is 4.79 Å². The highest BCUT2D eigenvalue weighted by molar-refractivity contribution is 6.30. The van der Waals surface area contributed by atoms with E-state index < -0.39 is 11.6 Å². The van der Waals surface area contributed by atoms with Crippen molar-refractivity contribution in [1.82, 2.24) is 5.32 Å². The fourth-order valence-electron chi connectivity index (χ4n) is 5.21. The number of aliphatic imine (C=N–C) groups is 1. The molecule has 2 atom stereocenters. The molecule has 0 aromatic heterocycles. The molecule has 9 nitrogen and oxygen atoms in total. The predicted octanol–water partition coefficient (Wildman–Crippen LogP) is 7.59. The van der Waals surface area contributed by atoms with Crippen LogP contribution in [-0.2, 0) is 22.6 Å². The third-order valence-corrected chi connectivity index (χ3v) is 7.83. The Bertz CT molecular complexity index is 1720. The summed E-state index contributed by atoms with van der Waals surface area (Å²) in [6.45, 7) is 0.788. The Morgan fingerprint density at radius 2 is 1.78 bits per heavy atom. The molecule has 1 heterocycles. The Morgan fingerprint density at radius 1 is 1.04 bits per heavy atom. The standard InChI is InChI=1S/C36H34ClN5O4/c37-30-17-13-27(14-18-30)24-39-35(44)36(21-6-10-26-8-2-1-3-9-26)33(32-12-5-4-11-29(32)25-40-42-38)46-34(41-36)28-15-19-31(20-16-28)45-23-7-22-43/h1-6,8-20,33,43H,7,21-25H2,(H,39,44)/b10-6+/t33-,36-/m1/s1. The molecule has 0 unspecified atom stereocenters. The average molecular weight is 636 g/mol. The largest absolute Gasteiger partial charge is 0.494 e. The number of halogens is 1. The summed E-state index contributed by atoms with van der Waals surface area (Å²) in [7, 11) is 0. The van der Waals surface area contributed by atoms with Crippen LogP contribution < -0.4 is 10.1 Å². The Labute approximate surface area is 272 Å². The van der Waals surface area contributed by atoms with E-state index in [1.807, 2.05) is 91.0 Å². The van der Waals surface area contributed by atoms with Gasteiger partial charge in [0.25, 0.3) is 5.91 Å². The lowest BCUT2D eigenvalue weighted by Crippen LogP contribution is -2.48. The zero-order valence-corrected chi connectivity index (χ0v) is 25.9. The number of ether oxygens (including phenoxy) is 2. The van der Waals surface area contributed by atoms with Crippen LogP contribution in [0.2, 0.25) is 5.02 Å². The molecular weight excluding hydrogens is 602 g/mol. The van der Waals surface area contributed by atoms with Gasteiger partial charge in [0.2, 0.25) is 5.90 Å². The second-order valence-corrected chi connectivity index (χ2v) is 11.1. The fourth-order valence-corrected chi connectivity index (χ4v) is 5.34. The van der Waals surface area contributed by atoms with Crippen LogP contribution in [0.1, 0.15) is 46.8 Å². The number of nitrogens with one attached hydrogen (secondary N) is 1. The molecule has 0 bridgehead atoms. The summed E-state index contributed by atoms with van der Waals surface area (Å²) in [4.78, 5) is 22.5. The van der Waals surface area contributed by atoms with Gasteiger partial charge in [-0.3, -0.25) is 4.79 Å². The van der Waals surface area contributed by atoms with Crippen LogP contribution in [0.5, 0.6) is 5.75 Å². The van der Waals surface area contributed by atoms with Crippen molar-refractivity contribution in [2.45, 2.75) is 37.6 Å². The molecule has 234 valence electrons. The van der Waals surface area contributed by atoms with Gasteiger partial charge < -0.3 is 19.9 Å². The molecule has 0 saturated carbocycles. The summed E-state index contributed by atoms with van der Waals surface area (Å²) < 4.78 is 12.3. The minimum absolute atomic E-state index is 0.0478. The maximum absolute atomic E-state index is 14.5. The van der Waals surface area contributed by atoms with Crippen molar-refractivity contribution in [3.63, 3.8) is 0 Å². The van der Waals surface area contributed by atoms with E-state index >= 15 is 0 Å². The molecule has 4 aromatic rings. The molecule has 1 amide bonds. The monoisotopic (exact) mass is 635 g/mol. The number of hydrogen-bond acceptors (Lipinski definition) is 6. The topological polar surface area (TPSA) is 129 Å². The SMILES string of the molecule is [N-]=[N+]=NCc1ccccc1[C@H]1OC(c2ccc(OCCCO)cc2)=N[C@@]1(C/C=C/c1ccccc1)C(=O)NCc1ccc(Cl)cc1. The number of aliphatic hydroxyl groups excluding tert-OH is 1. The van der Waals surface area contributed by atoms with Crippen molar-refractivity contribution in [2.24, 2.45) is 10.1 Å². The molecule has 46 heavy (non-hydrogen) atoms. The highest BCUT2D eigenvalue weighted by atomic mass is 35.5. The van der Waals surface area contributed by atoms with Crippen molar-refractivity contribution in [1.29, 1.82) is 0 Å². The van der Waals surface area contributed by atoms with Crippen LogP contribution in [-0.4, -0.2) is 35.7 Å². The summed E-state index contributed by atoms with van der Waals surface area (Å²) in [6.07, 6.45) is 3.81. The predicted molar refractivity (Wildman–Crippen MR) is 179 cm³/mol. The number of azide groups is 1. The molecule has 0 saturated heterocycles. The lowest BCUT2D eigenvalue weighted by Gasteiger charge is -2.31. The summed E-state index contributed by atoms with van der Waals surface area (Å²) in [5, 5.41) is 16.6. The molecule has 0 aliphatic carbocycles. The highest BCUT2D eigenvalue weighted by Gasteiger charge is 2.53. The number of carbonyl (C=O) groups is 1. The lowest BCUT2D eigenvalue weighted by molar-refractivity contribution is -0.129. The summed E-state index contributed by atoms with van der Waals surface area (Å²) in [5.41, 5.74) is 11.6. The van der Waals surface area contributed by atoms with Gasteiger partial charge in [0.15, 0.2) is 11.6 Å². The van der Waals surface area contributed by atoms with Gasteiger partial charge in [0.05, 0.1) is 13.2 Å². The van der Waals surface area contributed by atoms with E-state index in [1.165, 1.54) is 0 Å². The highest BCUT2D eigenvalue weighted by Crippen LogP contribution is 2.44. The van der Waals surface area contributed by atoms with Gasteiger partial charge in [-0.05, 0) is 64.2 Å². The lowest BCUT2D eigenvalue weighted by atomic mass is 9.82. The first-order valence-electron chi connectivity index (χ1n) is 15.0. The number of benzene rings is 4. The van der Waals surface area contributed by atoms with E-state index in [0.717, 1.165) is 16.7 Å². The van der Waals surface area contributed by atoms with Crippen molar-refractivity contribution < 1.29 is 19.4 Å². The van der Waals surface area contributed by atoms with Gasteiger partial charge in [0, 0.05) is 41.5 Å². The smallest absolute Gasteiger partial charge is 0.252 e. The quantitative estimate of drug-likeness (QED) is 0.0640. The maximum Gasteiger partial charge on any atom is 0.252 e. The van der Waals surface area contributed by atoms with E-state index in [0.29, 0.717) is 40.8 Å². The molecular formula is C36H34ClN5O4. The van der Waals surface area contributed by atoms with Gasteiger partial charge in [0.1, 0.15) is 5.75 Å². The van der Waals surface area contributed by atoms with Crippen LogP contribution in [0.3, 0.4) is 0 Å². The van der Waals surface area contributed by atoms with Gasteiger partial charge in [-0.1, -0.05) is 95.6 Å². The number of nitrogens with zero attached hydrogens (tertiary/aromatic N) is 4. The van der Waals surface area contributed by atoms with Gasteiger partial charge >= 0.3 is 0 Å². The van der Waals surface area contributed by atoms with Crippen LogP contribution in [0, 0.1) is 0 Å². The molecule has 1 aliphatic rings. The van der Waals surface area contributed by atoms with Gasteiger partial charge in [-0.25, -0.2) is 4.99 Å². The zero-order chi connectivity index (χ0) is 32.2. The van der Waals surface area contributed by atoms with Crippen LogP contribution in [0.4, 0.5) is 0 Å². The number of carbonyl (C=O) groups excluding carboxylic acids is 1. The fraction of sp³-hybridized carbons (Fsp3) is 0.222. The second kappa shape index (κ2) is 15.8. The Kier molecular flexibility index (Phi) is 11.1. The molecule has 5 rings (SSSR count). The van der Waals surface area contributed by atoms with Crippen molar-refractivity contribution in [3.05, 3.63) is 152 Å². The van der Waals surface area contributed by atoms with Crippen molar-refractivity contribution in [3.8, 4) is 5.75 Å². The van der Waals surface area contributed by atoms with E-state index in [4.69, 9.17) is 36.7 Å². The molecule has 0 fully saturated rings. The number of aliphatic hydroxyl groups is 1. The molecule has 0 radical (unpaired) electrons. The summed E-state index contributed by atoms with van der Waals surface area (Å²) in [6, 6.07) is 31.8. The number of amides is 1. The third-order valence-electron chi connectivity index (χ3n) is 7.58. The van der Waals surface area contributed by atoms with Crippen LogP contribution in [0.25, 0.3) is 16.5 Å².